The van der Waals surface area contributed by atoms with Crippen molar-refractivity contribution in [2.75, 3.05) is 4.43 Å². The van der Waals surface area contributed by atoms with Gasteiger partial charge in [0.1, 0.15) is 6.10 Å². The molecule has 0 spiro atoms. The molecule has 2 rings (SSSR count). The second-order valence-corrected chi connectivity index (χ2v) is 4.24. The highest BCUT2D eigenvalue weighted by Crippen LogP contribution is 2.18. The van der Waals surface area contributed by atoms with Gasteiger partial charge in [0.15, 0.2) is 6.54 Å². The van der Waals surface area contributed by atoms with E-state index in [1.807, 2.05) is 0 Å². The summed E-state index contributed by atoms with van der Waals surface area (Å²) in [6.45, 7) is 0.782. The number of ether oxygens (including phenoxy) is 1. The number of alkyl halides is 1. The van der Waals surface area contributed by atoms with E-state index in [1.165, 1.54) is 12.3 Å². The molecular weight excluding hydrogens is 311 g/mol. The lowest BCUT2D eigenvalue weighted by atomic mass is 10.2. The Morgan fingerprint density at radius 2 is 2.47 bits per heavy atom. The standard InChI is InChI=1S/C9H10IN2O3/c10-5-8-3-4-11-6-7(12(13)14)1-2-9(11)15-8/h1-2,6,8H,3-5H2/q+1. The summed E-state index contributed by atoms with van der Waals surface area (Å²) in [6, 6.07) is 3.14. The lowest BCUT2D eigenvalue weighted by Crippen LogP contribution is -2.44. The molecule has 2 heterocycles. The van der Waals surface area contributed by atoms with E-state index in [-0.39, 0.29) is 11.8 Å². The lowest BCUT2D eigenvalue weighted by Gasteiger charge is -2.18. The maximum atomic E-state index is 10.6. The smallest absolute Gasteiger partial charge is 0.368 e. The summed E-state index contributed by atoms with van der Waals surface area (Å²) in [5.74, 6) is 0.716. The van der Waals surface area contributed by atoms with Crippen LogP contribution in [0.5, 0.6) is 5.88 Å². The second-order valence-electron chi connectivity index (χ2n) is 3.36. The Balaban J connectivity index is 2.28. The molecule has 5 nitrogen and oxygen atoms in total. The molecular formula is C9H10IN2O3+. The summed E-state index contributed by atoms with van der Waals surface area (Å²) in [5.41, 5.74) is 0.107. The molecule has 0 saturated heterocycles. The third-order valence-corrected chi connectivity index (χ3v) is 3.31. The van der Waals surface area contributed by atoms with Crippen LogP contribution in [0.25, 0.3) is 0 Å². The largest absolute Gasteiger partial charge is 0.440 e. The Kier molecular flexibility index (Phi) is 3.03. The van der Waals surface area contributed by atoms with E-state index in [4.69, 9.17) is 4.74 Å². The number of hydrogen-bond donors (Lipinski definition) is 0. The maximum Gasteiger partial charge on any atom is 0.368 e. The number of hydrogen-bond acceptors (Lipinski definition) is 3. The van der Waals surface area contributed by atoms with Crippen LogP contribution in [0.15, 0.2) is 18.3 Å². The van der Waals surface area contributed by atoms with E-state index in [0.717, 1.165) is 17.4 Å². The van der Waals surface area contributed by atoms with E-state index in [1.54, 1.807) is 10.6 Å². The Morgan fingerprint density at radius 3 is 3.13 bits per heavy atom. The first kappa shape index (κ1) is 10.6. The van der Waals surface area contributed by atoms with Gasteiger partial charge in [-0.15, -0.1) is 0 Å². The molecule has 0 saturated carbocycles. The molecule has 0 fully saturated rings. The first-order valence-electron chi connectivity index (χ1n) is 4.61. The third kappa shape index (κ3) is 2.19. The molecule has 15 heavy (non-hydrogen) atoms. The van der Waals surface area contributed by atoms with Crippen molar-refractivity contribution >= 4 is 28.3 Å². The molecule has 0 amide bonds. The number of aromatic nitrogens is 1. The van der Waals surface area contributed by atoms with Gasteiger partial charge in [0.25, 0.3) is 0 Å². The molecule has 0 bridgehead atoms. The molecule has 0 aliphatic carbocycles. The van der Waals surface area contributed by atoms with Gasteiger partial charge in [-0.25, -0.2) is 0 Å². The van der Waals surface area contributed by atoms with Crippen LogP contribution in [0.4, 0.5) is 5.69 Å². The number of halogens is 1. The third-order valence-electron chi connectivity index (χ3n) is 2.33. The van der Waals surface area contributed by atoms with Gasteiger partial charge in [-0.05, 0) is 0 Å². The van der Waals surface area contributed by atoms with Crippen LogP contribution in [0, 0.1) is 10.1 Å². The molecule has 0 N–H and O–H groups in total. The van der Waals surface area contributed by atoms with Crippen molar-refractivity contribution < 1.29 is 14.2 Å². The first-order chi connectivity index (χ1) is 7.20. The van der Waals surface area contributed by atoms with E-state index < -0.39 is 4.92 Å². The number of rotatable bonds is 2. The summed E-state index contributed by atoms with van der Waals surface area (Å²) in [5, 5.41) is 10.6. The van der Waals surface area contributed by atoms with Crippen molar-refractivity contribution in [3.05, 3.63) is 28.4 Å². The van der Waals surface area contributed by atoms with E-state index in [0.29, 0.717) is 5.88 Å². The average molecular weight is 321 g/mol. The van der Waals surface area contributed by atoms with E-state index in [9.17, 15) is 10.1 Å². The van der Waals surface area contributed by atoms with Crippen molar-refractivity contribution in [2.24, 2.45) is 0 Å². The van der Waals surface area contributed by atoms with Gasteiger partial charge in [0.2, 0.25) is 6.20 Å². The fourth-order valence-electron chi connectivity index (χ4n) is 1.53. The monoisotopic (exact) mass is 321 g/mol. The van der Waals surface area contributed by atoms with Crippen LogP contribution >= 0.6 is 22.6 Å². The highest BCUT2D eigenvalue weighted by Gasteiger charge is 2.27. The van der Waals surface area contributed by atoms with Crippen LogP contribution in [0.2, 0.25) is 0 Å². The summed E-state index contributed by atoms with van der Waals surface area (Å²) < 4.78 is 8.38. The minimum absolute atomic E-state index is 0.107. The fraction of sp³-hybridized carbons (Fsp3) is 0.444. The number of pyridine rings is 1. The molecule has 1 aliphatic rings. The lowest BCUT2D eigenvalue weighted by molar-refractivity contribution is -0.714. The Hall–Kier alpha value is -0.920. The van der Waals surface area contributed by atoms with Crippen LogP contribution in [-0.4, -0.2) is 15.5 Å². The topological polar surface area (TPSA) is 56.2 Å². The van der Waals surface area contributed by atoms with Gasteiger partial charge < -0.3 is 4.74 Å². The van der Waals surface area contributed by atoms with Gasteiger partial charge in [-0.3, -0.25) is 10.1 Å². The molecule has 1 aromatic heterocycles. The first-order valence-corrected chi connectivity index (χ1v) is 6.14. The van der Waals surface area contributed by atoms with Crippen LogP contribution in [-0.2, 0) is 6.54 Å². The van der Waals surface area contributed by atoms with Crippen molar-refractivity contribution in [1.29, 1.82) is 0 Å². The number of nitrogens with zero attached hydrogens (tertiary/aromatic N) is 2. The van der Waals surface area contributed by atoms with Gasteiger partial charge in [-0.2, -0.15) is 4.57 Å². The van der Waals surface area contributed by atoms with Crippen LogP contribution in [0.3, 0.4) is 0 Å². The summed E-state index contributed by atoms with van der Waals surface area (Å²) in [6.07, 6.45) is 2.66. The summed E-state index contributed by atoms with van der Waals surface area (Å²) >= 11 is 2.28. The summed E-state index contributed by atoms with van der Waals surface area (Å²) in [4.78, 5) is 10.2. The highest BCUT2D eigenvalue weighted by molar-refractivity contribution is 14.1. The molecule has 1 atom stereocenters. The molecule has 0 radical (unpaired) electrons. The van der Waals surface area contributed by atoms with E-state index >= 15 is 0 Å². The maximum absolute atomic E-state index is 10.6. The molecule has 1 aromatic rings. The van der Waals surface area contributed by atoms with Gasteiger partial charge in [0.05, 0.1) is 11.0 Å². The Labute approximate surface area is 100 Å². The van der Waals surface area contributed by atoms with Crippen molar-refractivity contribution in [2.45, 2.75) is 19.1 Å². The molecule has 0 aromatic carbocycles. The molecule has 1 unspecified atom stereocenters. The van der Waals surface area contributed by atoms with Gasteiger partial charge in [-0.1, -0.05) is 22.6 Å². The minimum atomic E-state index is -0.391. The summed E-state index contributed by atoms with van der Waals surface area (Å²) in [7, 11) is 0. The zero-order valence-corrected chi connectivity index (χ0v) is 10.1. The Bertz CT molecular complexity index is 397. The van der Waals surface area contributed by atoms with Gasteiger partial charge in [0, 0.05) is 16.9 Å². The Morgan fingerprint density at radius 1 is 1.67 bits per heavy atom. The number of aryl methyl sites for hydroxylation is 1. The van der Waals surface area contributed by atoms with E-state index in [2.05, 4.69) is 22.6 Å². The molecule has 6 heteroatoms. The quantitative estimate of drug-likeness (QED) is 0.272. The highest BCUT2D eigenvalue weighted by atomic mass is 127. The zero-order chi connectivity index (χ0) is 10.8. The predicted octanol–water partition coefficient (Wildman–Crippen LogP) is 1.47. The van der Waals surface area contributed by atoms with Crippen LogP contribution < -0.4 is 9.30 Å². The molecule has 1 aliphatic heterocycles. The van der Waals surface area contributed by atoms with Crippen molar-refractivity contribution in [1.82, 2.24) is 0 Å². The zero-order valence-electron chi connectivity index (χ0n) is 7.93. The second kappa shape index (κ2) is 4.30. The average Bonchev–Trinajstić information content (AvgIpc) is 2.27. The number of nitro groups is 1. The number of fused-ring (bicyclic) bond motifs is 1. The fourth-order valence-corrected chi connectivity index (χ4v) is 2.15. The van der Waals surface area contributed by atoms with Crippen molar-refractivity contribution in [3.63, 3.8) is 0 Å². The van der Waals surface area contributed by atoms with Crippen LogP contribution in [0.1, 0.15) is 6.42 Å². The predicted molar refractivity (Wildman–Crippen MR) is 61.2 cm³/mol. The minimum Gasteiger partial charge on any atom is -0.440 e. The van der Waals surface area contributed by atoms with Crippen molar-refractivity contribution in [3.8, 4) is 5.88 Å². The normalized spacial score (nSPS) is 19.1. The molecule has 80 valence electrons. The van der Waals surface area contributed by atoms with Gasteiger partial charge >= 0.3 is 11.6 Å². The SMILES string of the molecule is O=[N+]([O-])c1ccc2[n+](c1)CCC(CI)O2.